The molecule has 0 amide bonds. The van der Waals surface area contributed by atoms with Crippen molar-refractivity contribution in [2.75, 3.05) is 45.2 Å². The quantitative estimate of drug-likeness (QED) is 0.697. The highest BCUT2D eigenvalue weighted by Gasteiger charge is 2.29. The molecule has 0 spiro atoms. The highest BCUT2D eigenvalue weighted by Crippen LogP contribution is 2.20. The third kappa shape index (κ3) is 6.03. The summed E-state index contributed by atoms with van der Waals surface area (Å²) < 4.78 is 68.2. The number of pyridine rings is 2. The minimum atomic E-state index is -4.44. The Bertz CT molecular complexity index is 946. The van der Waals surface area contributed by atoms with Crippen LogP contribution < -0.4 is 10.1 Å². The van der Waals surface area contributed by atoms with Crippen LogP contribution in [-0.4, -0.2) is 73.6 Å². The molecule has 1 saturated heterocycles. The van der Waals surface area contributed by atoms with Gasteiger partial charge in [0.1, 0.15) is 10.7 Å². The lowest BCUT2D eigenvalue weighted by Gasteiger charge is -2.31. The number of piperazine rings is 1. The molecule has 0 radical (unpaired) electrons. The van der Waals surface area contributed by atoms with Crippen LogP contribution in [0.15, 0.2) is 41.6 Å². The predicted octanol–water partition coefficient (Wildman–Crippen LogP) is 1.97. The lowest BCUT2D eigenvalue weighted by molar-refractivity contribution is -0.154. The number of nitrogens with one attached hydrogen (secondary N) is 1. The minimum Gasteiger partial charge on any atom is -0.468 e. The molecular formula is C18H22F3N5O3S. The van der Waals surface area contributed by atoms with E-state index in [2.05, 4.69) is 24.9 Å². The van der Waals surface area contributed by atoms with Crippen LogP contribution in [0.1, 0.15) is 5.56 Å². The van der Waals surface area contributed by atoms with Crippen molar-refractivity contribution >= 4 is 15.8 Å². The highest BCUT2D eigenvalue weighted by molar-refractivity contribution is 7.89. The van der Waals surface area contributed by atoms with Gasteiger partial charge in [0.2, 0.25) is 15.9 Å². The zero-order valence-corrected chi connectivity index (χ0v) is 17.1. The fourth-order valence-corrected chi connectivity index (χ4v) is 4.17. The molecule has 0 saturated carbocycles. The van der Waals surface area contributed by atoms with E-state index in [1.54, 1.807) is 12.1 Å². The molecule has 1 fully saturated rings. The average molecular weight is 445 g/mol. The summed E-state index contributed by atoms with van der Waals surface area (Å²) >= 11 is 0. The summed E-state index contributed by atoms with van der Waals surface area (Å²) in [5.74, 6) is 0.301. The number of halogens is 3. The van der Waals surface area contributed by atoms with Crippen molar-refractivity contribution < 1.29 is 26.3 Å². The van der Waals surface area contributed by atoms with Crippen molar-refractivity contribution in [2.24, 2.45) is 0 Å². The molecule has 12 heteroatoms. The summed E-state index contributed by atoms with van der Waals surface area (Å²) in [6.45, 7) is 1.04. The van der Waals surface area contributed by atoms with E-state index in [0.29, 0.717) is 37.6 Å². The largest absolute Gasteiger partial charge is 0.468 e. The Hall–Kier alpha value is -2.44. The Morgan fingerprint density at radius 1 is 1.13 bits per heavy atom. The molecule has 2 aromatic rings. The van der Waals surface area contributed by atoms with E-state index in [4.69, 9.17) is 0 Å². The predicted molar refractivity (Wildman–Crippen MR) is 104 cm³/mol. The van der Waals surface area contributed by atoms with Gasteiger partial charge in [0.25, 0.3) is 0 Å². The Balaban J connectivity index is 1.58. The first-order valence-electron chi connectivity index (χ1n) is 9.16. The van der Waals surface area contributed by atoms with Crippen LogP contribution in [0.3, 0.4) is 0 Å². The lowest BCUT2D eigenvalue weighted by atomic mass is 10.2. The number of hydrogen-bond acceptors (Lipinski definition) is 7. The van der Waals surface area contributed by atoms with Crippen LogP contribution in [0.25, 0.3) is 0 Å². The van der Waals surface area contributed by atoms with Crippen LogP contribution in [0.2, 0.25) is 0 Å². The van der Waals surface area contributed by atoms with Crippen molar-refractivity contribution in [3.05, 3.63) is 42.2 Å². The third-order valence-electron chi connectivity index (χ3n) is 4.49. The van der Waals surface area contributed by atoms with Gasteiger partial charge in [0.05, 0.1) is 0 Å². The van der Waals surface area contributed by atoms with Gasteiger partial charge in [-0.25, -0.2) is 18.4 Å². The van der Waals surface area contributed by atoms with E-state index < -0.39 is 22.8 Å². The van der Waals surface area contributed by atoms with E-state index in [-0.39, 0.29) is 17.3 Å². The SMILES string of the molecule is CN1CCN(S(=O)(=O)c2ccc(NCc3ccnc(OCC(F)(F)F)c3)nc2)CC1. The van der Waals surface area contributed by atoms with E-state index in [1.165, 1.54) is 28.8 Å². The van der Waals surface area contributed by atoms with Gasteiger partial charge in [-0.1, -0.05) is 0 Å². The number of likely N-dealkylation sites (N-methyl/N-ethyl adjacent to an activating group) is 1. The maximum atomic E-state index is 12.7. The van der Waals surface area contributed by atoms with Crippen molar-refractivity contribution in [1.29, 1.82) is 0 Å². The van der Waals surface area contributed by atoms with Crippen LogP contribution in [0.4, 0.5) is 19.0 Å². The number of hydrogen-bond donors (Lipinski definition) is 1. The Kier molecular flexibility index (Phi) is 6.78. The normalized spacial score (nSPS) is 16.4. The van der Waals surface area contributed by atoms with Crippen molar-refractivity contribution in [1.82, 2.24) is 19.2 Å². The molecule has 3 heterocycles. The van der Waals surface area contributed by atoms with Gasteiger partial charge in [-0.15, -0.1) is 0 Å². The summed E-state index contributed by atoms with van der Waals surface area (Å²) in [5, 5.41) is 2.99. The molecule has 2 aromatic heterocycles. The van der Waals surface area contributed by atoms with Crippen LogP contribution in [-0.2, 0) is 16.6 Å². The fourth-order valence-electron chi connectivity index (χ4n) is 2.80. The second kappa shape index (κ2) is 9.14. The third-order valence-corrected chi connectivity index (χ3v) is 6.38. The summed E-state index contributed by atoms with van der Waals surface area (Å²) in [4.78, 5) is 10.1. The summed E-state index contributed by atoms with van der Waals surface area (Å²) in [5.41, 5.74) is 0.637. The molecule has 3 rings (SSSR count). The fraction of sp³-hybridized carbons (Fsp3) is 0.444. The maximum Gasteiger partial charge on any atom is 0.422 e. The zero-order chi connectivity index (χ0) is 21.8. The van der Waals surface area contributed by atoms with Crippen LogP contribution in [0.5, 0.6) is 5.88 Å². The Morgan fingerprint density at radius 2 is 1.87 bits per heavy atom. The van der Waals surface area contributed by atoms with E-state index in [0.717, 1.165) is 0 Å². The molecule has 1 aliphatic heterocycles. The topological polar surface area (TPSA) is 87.7 Å². The minimum absolute atomic E-state index is 0.115. The molecule has 0 aromatic carbocycles. The molecule has 0 atom stereocenters. The van der Waals surface area contributed by atoms with E-state index >= 15 is 0 Å². The maximum absolute atomic E-state index is 12.7. The van der Waals surface area contributed by atoms with Gasteiger partial charge in [-0.2, -0.15) is 17.5 Å². The molecule has 164 valence electrons. The van der Waals surface area contributed by atoms with Crippen LogP contribution >= 0.6 is 0 Å². The summed E-state index contributed by atoms with van der Waals surface area (Å²) in [6.07, 6.45) is -1.80. The van der Waals surface area contributed by atoms with E-state index in [9.17, 15) is 21.6 Å². The van der Waals surface area contributed by atoms with Gasteiger partial charge in [-0.05, 0) is 30.8 Å². The number of rotatable bonds is 7. The second-order valence-electron chi connectivity index (χ2n) is 6.85. The molecular weight excluding hydrogens is 423 g/mol. The molecule has 30 heavy (non-hydrogen) atoms. The van der Waals surface area contributed by atoms with Crippen molar-refractivity contribution in [3.8, 4) is 5.88 Å². The number of sulfonamides is 1. The number of alkyl halides is 3. The smallest absolute Gasteiger partial charge is 0.422 e. The summed E-state index contributed by atoms with van der Waals surface area (Å²) in [6, 6.07) is 6.04. The molecule has 0 bridgehead atoms. The lowest BCUT2D eigenvalue weighted by Crippen LogP contribution is -2.47. The Morgan fingerprint density at radius 3 is 2.50 bits per heavy atom. The second-order valence-corrected chi connectivity index (χ2v) is 8.78. The molecule has 1 N–H and O–H groups in total. The average Bonchev–Trinajstić information content (AvgIpc) is 2.71. The van der Waals surface area contributed by atoms with Gasteiger partial charge in [-0.3, -0.25) is 0 Å². The number of anilines is 1. The van der Waals surface area contributed by atoms with E-state index in [1.807, 2.05) is 7.05 Å². The first kappa shape index (κ1) is 22.2. The first-order chi connectivity index (χ1) is 14.1. The highest BCUT2D eigenvalue weighted by atomic mass is 32.2. The number of aromatic nitrogens is 2. The van der Waals surface area contributed by atoms with Gasteiger partial charge in [0.15, 0.2) is 6.61 Å². The molecule has 0 unspecified atom stereocenters. The summed E-state index contributed by atoms with van der Waals surface area (Å²) in [7, 11) is -1.65. The van der Waals surface area contributed by atoms with Gasteiger partial charge in [0, 0.05) is 51.2 Å². The number of nitrogens with zero attached hydrogens (tertiary/aromatic N) is 4. The standard InChI is InChI=1S/C18H22F3N5O3S/c1-25-6-8-26(9-7-25)30(27,28)15-2-3-16(24-12-15)23-11-14-4-5-22-17(10-14)29-13-18(19,20)21/h2-5,10,12H,6-9,11,13H2,1H3,(H,23,24). The molecule has 1 aliphatic rings. The van der Waals surface area contributed by atoms with Crippen LogP contribution in [0, 0.1) is 0 Å². The van der Waals surface area contributed by atoms with Crippen molar-refractivity contribution in [2.45, 2.75) is 17.6 Å². The van der Waals surface area contributed by atoms with Gasteiger partial charge >= 0.3 is 6.18 Å². The van der Waals surface area contributed by atoms with Crippen molar-refractivity contribution in [3.63, 3.8) is 0 Å². The first-order valence-corrected chi connectivity index (χ1v) is 10.6. The Labute approximate surface area is 172 Å². The molecule has 0 aliphatic carbocycles. The van der Waals surface area contributed by atoms with Gasteiger partial charge < -0.3 is 15.0 Å². The number of ether oxygens (including phenoxy) is 1. The monoisotopic (exact) mass is 445 g/mol. The zero-order valence-electron chi connectivity index (χ0n) is 16.3. The molecule has 8 nitrogen and oxygen atoms in total.